The number of halogens is 1. The molecule has 0 aliphatic carbocycles. The molecule has 6 heteroatoms. The van der Waals surface area contributed by atoms with Crippen molar-refractivity contribution >= 4 is 10.0 Å². The lowest BCUT2D eigenvalue weighted by molar-refractivity contribution is 0.135. The highest BCUT2D eigenvalue weighted by Gasteiger charge is 2.31. The van der Waals surface area contributed by atoms with Gasteiger partial charge >= 0.3 is 0 Å². The summed E-state index contributed by atoms with van der Waals surface area (Å²) in [6.45, 7) is 5.01. The second-order valence-electron chi connectivity index (χ2n) is 6.86. The average Bonchev–Trinajstić information content (AvgIpc) is 2.50. The van der Waals surface area contributed by atoms with Gasteiger partial charge in [-0.1, -0.05) is 12.1 Å². The maximum absolute atomic E-state index is 14.2. The second-order valence-corrected chi connectivity index (χ2v) is 8.85. The first-order chi connectivity index (χ1) is 10.9. The van der Waals surface area contributed by atoms with E-state index < -0.39 is 10.0 Å². The molecular weight excluding hydrogens is 315 g/mol. The fraction of sp³-hybridized carbons (Fsp3) is 0.647. The predicted molar refractivity (Wildman–Crippen MR) is 89.2 cm³/mol. The van der Waals surface area contributed by atoms with Crippen molar-refractivity contribution in [2.75, 3.05) is 32.4 Å². The van der Waals surface area contributed by atoms with Gasteiger partial charge in [0.05, 0.1) is 6.26 Å². The number of hydrogen-bond acceptors (Lipinski definition) is 3. The first-order valence-corrected chi connectivity index (χ1v) is 10.2. The largest absolute Gasteiger partial charge is 0.296 e. The molecule has 2 aliphatic heterocycles. The van der Waals surface area contributed by atoms with Gasteiger partial charge in [-0.05, 0) is 43.7 Å². The molecule has 1 aromatic rings. The molecule has 0 saturated carbocycles. The molecule has 2 unspecified atom stereocenters. The van der Waals surface area contributed by atoms with E-state index in [9.17, 15) is 12.8 Å². The molecule has 2 atom stereocenters. The fourth-order valence-corrected chi connectivity index (χ4v) is 4.91. The van der Waals surface area contributed by atoms with Crippen LogP contribution >= 0.6 is 0 Å². The van der Waals surface area contributed by atoms with E-state index in [0.717, 1.165) is 43.5 Å². The van der Waals surface area contributed by atoms with Crippen molar-refractivity contribution in [2.24, 2.45) is 5.92 Å². The molecule has 4 nitrogen and oxygen atoms in total. The van der Waals surface area contributed by atoms with Crippen LogP contribution in [0.1, 0.15) is 36.9 Å². The fourth-order valence-electron chi connectivity index (χ4n) is 3.97. The summed E-state index contributed by atoms with van der Waals surface area (Å²) in [5, 5.41) is 0. The summed E-state index contributed by atoms with van der Waals surface area (Å²) in [5.74, 6) is 0.204. The normalized spacial score (nSPS) is 26.9. The molecule has 2 heterocycles. The molecule has 23 heavy (non-hydrogen) atoms. The lowest BCUT2D eigenvalue weighted by Crippen LogP contribution is -2.45. The van der Waals surface area contributed by atoms with Crippen molar-refractivity contribution in [2.45, 2.75) is 32.2 Å². The molecule has 0 amide bonds. The van der Waals surface area contributed by atoms with E-state index in [2.05, 4.69) is 11.8 Å². The Morgan fingerprint density at radius 3 is 2.83 bits per heavy atom. The number of piperidine rings is 1. The summed E-state index contributed by atoms with van der Waals surface area (Å²) >= 11 is 0. The Morgan fingerprint density at radius 1 is 1.30 bits per heavy atom. The van der Waals surface area contributed by atoms with Crippen molar-refractivity contribution in [3.63, 3.8) is 0 Å². The van der Waals surface area contributed by atoms with Gasteiger partial charge in [-0.15, -0.1) is 0 Å². The van der Waals surface area contributed by atoms with Crippen LogP contribution in [0, 0.1) is 11.7 Å². The molecule has 0 bridgehead atoms. The zero-order valence-electron chi connectivity index (χ0n) is 13.8. The van der Waals surface area contributed by atoms with E-state index in [1.807, 2.05) is 6.07 Å². The minimum atomic E-state index is -3.11. The summed E-state index contributed by atoms with van der Waals surface area (Å²) < 4.78 is 39.3. The molecule has 0 spiro atoms. The highest BCUT2D eigenvalue weighted by atomic mass is 32.2. The number of benzene rings is 1. The van der Waals surface area contributed by atoms with Gasteiger partial charge in [-0.25, -0.2) is 17.1 Å². The Morgan fingerprint density at radius 2 is 2.09 bits per heavy atom. The molecule has 3 rings (SSSR count). The van der Waals surface area contributed by atoms with Gasteiger partial charge in [0.1, 0.15) is 5.82 Å². The molecule has 1 saturated heterocycles. The lowest BCUT2D eigenvalue weighted by Gasteiger charge is -2.40. The zero-order valence-corrected chi connectivity index (χ0v) is 14.7. The third kappa shape index (κ3) is 3.59. The van der Waals surface area contributed by atoms with Crippen molar-refractivity contribution < 1.29 is 12.8 Å². The summed E-state index contributed by atoms with van der Waals surface area (Å²) in [4.78, 5) is 2.31. The topological polar surface area (TPSA) is 40.6 Å². The third-order valence-corrected chi connectivity index (χ3v) is 6.49. The van der Waals surface area contributed by atoms with Gasteiger partial charge in [0.2, 0.25) is 10.0 Å². The maximum Gasteiger partial charge on any atom is 0.211 e. The van der Waals surface area contributed by atoms with Crippen LogP contribution in [0.2, 0.25) is 0 Å². The second kappa shape index (κ2) is 6.49. The van der Waals surface area contributed by atoms with Gasteiger partial charge < -0.3 is 0 Å². The van der Waals surface area contributed by atoms with Crippen LogP contribution in [-0.2, 0) is 16.4 Å². The number of sulfonamides is 1. The van der Waals surface area contributed by atoms with Crippen molar-refractivity contribution in [1.29, 1.82) is 0 Å². The van der Waals surface area contributed by atoms with E-state index >= 15 is 0 Å². The summed E-state index contributed by atoms with van der Waals surface area (Å²) in [7, 11) is -3.11. The monoisotopic (exact) mass is 340 g/mol. The van der Waals surface area contributed by atoms with Crippen LogP contribution in [0.15, 0.2) is 18.2 Å². The van der Waals surface area contributed by atoms with Crippen molar-refractivity contribution in [3.8, 4) is 0 Å². The Hall–Kier alpha value is -0.980. The highest BCUT2D eigenvalue weighted by molar-refractivity contribution is 7.88. The SMILES string of the molecule is CC1c2c(F)cccc2CCN1CC1CCCN(S(C)(=O)=O)C1. The number of nitrogens with zero attached hydrogens (tertiary/aromatic N) is 2. The maximum atomic E-state index is 14.2. The third-order valence-electron chi connectivity index (χ3n) is 5.22. The van der Waals surface area contributed by atoms with Crippen molar-refractivity contribution in [3.05, 3.63) is 35.1 Å². The minimum absolute atomic E-state index is 0.0496. The molecule has 128 valence electrons. The molecule has 0 aromatic heterocycles. The first-order valence-electron chi connectivity index (χ1n) is 8.32. The van der Waals surface area contributed by atoms with Crippen LogP contribution in [0.4, 0.5) is 4.39 Å². The average molecular weight is 340 g/mol. The summed E-state index contributed by atoms with van der Waals surface area (Å²) in [6.07, 6.45) is 4.09. The smallest absolute Gasteiger partial charge is 0.211 e. The van der Waals surface area contributed by atoms with Crippen LogP contribution in [0.5, 0.6) is 0 Å². The molecule has 2 aliphatic rings. The predicted octanol–water partition coefficient (Wildman–Crippen LogP) is 2.42. The van der Waals surface area contributed by atoms with Gasteiger partial charge in [0, 0.05) is 37.8 Å². The molecule has 1 fully saturated rings. The van der Waals surface area contributed by atoms with E-state index in [0.29, 0.717) is 19.0 Å². The van der Waals surface area contributed by atoms with Crippen LogP contribution in [-0.4, -0.2) is 50.1 Å². The highest BCUT2D eigenvalue weighted by Crippen LogP contribution is 2.33. The van der Waals surface area contributed by atoms with Gasteiger partial charge in [-0.2, -0.15) is 0 Å². The molecule has 0 N–H and O–H groups in total. The number of rotatable bonds is 3. The Labute approximate surface area is 138 Å². The molecule has 0 radical (unpaired) electrons. The number of hydrogen-bond donors (Lipinski definition) is 0. The number of fused-ring (bicyclic) bond motifs is 1. The van der Waals surface area contributed by atoms with E-state index in [4.69, 9.17) is 0 Å². The Kier molecular flexibility index (Phi) is 4.76. The quantitative estimate of drug-likeness (QED) is 0.848. The molecule has 1 aromatic carbocycles. The summed E-state index contributed by atoms with van der Waals surface area (Å²) in [5.41, 5.74) is 1.92. The van der Waals surface area contributed by atoms with Gasteiger partial charge in [0.25, 0.3) is 0 Å². The van der Waals surface area contributed by atoms with Gasteiger partial charge in [-0.3, -0.25) is 4.90 Å². The van der Waals surface area contributed by atoms with E-state index in [-0.39, 0.29) is 11.9 Å². The van der Waals surface area contributed by atoms with E-state index in [1.165, 1.54) is 12.3 Å². The molecular formula is C17H25FN2O2S. The lowest BCUT2D eigenvalue weighted by atomic mass is 9.91. The Bertz CT molecular complexity index is 677. The van der Waals surface area contributed by atoms with Crippen LogP contribution < -0.4 is 0 Å². The van der Waals surface area contributed by atoms with Crippen molar-refractivity contribution in [1.82, 2.24) is 9.21 Å². The minimum Gasteiger partial charge on any atom is -0.296 e. The summed E-state index contributed by atoms with van der Waals surface area (Å²) in [6, 6.07) is 5.37. The first kappa shape index (κ1) is 16.9. The standard InChI is InChI=1S/C17H25FN2O2S/c1-13-17-15(6-3-7-16(17)18)8-10-19(13)11-14-5-4-9-20(12-14)23(2,21)22/h3,6-7,13-14H,4-5,8-12H2,1-2H3. The van der Waals surface area contributed by atoms with Crippen LogP contribution in [0.25, 0.3) is 0 Å². The zero-order chi connectivity index (χ0) is 16.6. The van der Waals surface area contributed by atoms with Crippen LogP contribution in [0.3, 0.4) is 0 Å². The van der Waals surface area contributed by atoms with Gasteiger partial charge in [0.15, 0.2) is 0 Å². The van der Waals surface area contributed by atoms with E-state index in [1.54, 1.807) is 10.4 Å². The Balaban J connectivity index is 1.71.